The largest absolute Gasteiger partial charge is 0.387 e. The van der Waals surface area contributed by atoms with E-state index in [4.69, 9.17) is 44.3 Å². The molecular weight excluding hydrogens is 431 g/mol. The van der Waals surface area contributed by atoms with Crippen molar-refractivity contribution in [1.29, 1.82) is 0 Å². The first-order valence-corrected chi connectivity index (χ1v) is 10.7. The summed E-state index contributed by atoms with van der Waals surface area (Å²) in [5, 5.41) is 12.3. The zero-order valence-electron chi connectivity index (χ0n) is 16.5. The van der Waals surface area contributed by atoms with Crippen LogP contribution in [0, 0.1) is 0 Å². The van der Waals surface area contributed by atoms with Crippen LogP contribution in [0.3, 0.4) is 0 Å². The topological polar surface area (TPSA) is 38.7 Å². The molecule has 0 saturated carbocycles. The zero-order chi connectivity index (χ0) is 21.3. The second-order valence-electron chi connectivity index (χ2n) is 7.18. The summed E-state index contributed by atoms with van der Waals surface area (Å²) in [5.74, 6) is 0. The van der Waals surface area contributed by atoms with Crippen molar-refractivity contribution in [2.75, 3.05) is 6.61 Å². The number of aliphatic hydroxyl groups is 1. The van der Waals surface area contributed by atoms with Crippen LogP contribution in [0.25, 0.3) is 0 Å². The SMILES string of the molecule is C=CC[C@](C)(O)[C@@H](CCCOCc1c(Cl)cc(Cl)cc1Cl)OCc1ccccc1. The third-order valence-corrected chi connectivity index (χ3v) is 5.55. The van der Waals surface area contributed by atoms with Gasteiger partial charge in [-0.05, 0) is 43.9 Å². The standard InChI is InChI=1S/C23H27Cl3O3/c1-3-11-23(2,27)22(29-15-17-8-5-4-6-9-17)10-7-12-28-16-19-20(25)13-18(24)14-21(19)26/h3-6,8-9,13-14,22,27H,1,7,10-12,15-16H2,2H3/t22-,23+/m1/s1. The Kier molecular flexibility index (Phi) is 9.97. The van der Waals surface area contributed by atoms with Gasteiger partial charge in [-0.25, -0.2) is 0 Å². The third kappa shape index (κ3) is 7.93. The van der Waals surface area contributed by atoms with Crippen LogP contribution in [0.4, 0.5) is 0 Å². The van der Waals surface area contributed by atoms with E-state index in [0.29, 0.717) is 53.3 Å². The van der Waals surface area contributed by atoms with Gasteiger partial charge in [0.25, 0.3) is 0 Å². The Hall–Kier alpha value is -1.07. The molecule has 0 aromatic heterocycles. The van der Waals surface area contributed by atoms with E-state index in [1.165, 1.54) is 0 Å². The zero-order valence-corrected chi connectivity index (χ0v) is 18.8. The van der Waals surface area contributed by atoms with Crippen molar-refractivity contribution in [3.8, 4) is 0 Å². The van der Waals surface area contributed by atoms with Crippen molar-refractivity contribution in [3.63, 3.8) is 0 Å². The molecule has 0 aliphatic heterocycles. The first-order valence-electron chi connectivity index (χ1n) is 9.53. The molecule has 0 aliphatic rings. The highest BCUT2D eigenvalue weighted by Gasteiger charge is 2.31. The van der Waals surface area contributed by atoms with Gasteiger partial charge in [0.05, 0.1) is 24.9 Å². The maximum atomic E-state index is 10.8. The van der Waals surface area contributed by atoms with Gasteiger partial charge in [0.2, 0.25) is 0 Å². The summed E-state index contributed by atoms with van der Waals surface area (Å²) >= 11 is 18.3. The van der Waals surface area contributed by atoms with Crippen molar-refractivity contribution in [2.24, 2.45) is 0 Å². The fourth-order valence-corrected chi connectivity index (χ4v) is 3.95. The number of rotatable bonds is 12. The van der Waals surface area contributed by atoms with Crippen molar-refractivity contribution >= 4 is 34.8 Å². The molecule has 0 amide bonds. The molecule has 0 fully saturated rings. The number of hydrogen-bond donors (Lipinski definition) is 1. The second-order valence-corrected chi connectivity index (χ2v) is 8.43. The molecule has 6 heteroatoms. The van der Waals surface area contributed by atoms with Crippen molar-refractivity contribution in [1.82, 2.24) is 0 Å². The number of benzene rings is 2. The molecule has 0 radical (unpaired) electrons. The first-order chi connectivity index (χ1) is 13.8. The fraction of sp³-hybridized carbons (Fsp3) is 0.391. The highest BCUT2D eigenvalue weighted by molar-refractivity contribution is 6.39. The van der Waals surface area contributed by atoms with Crippen LogP contribution in [-0.2, 0) is 22.7 Å². The van der Waals surface area contributed by atoms with Crippen LogP contribution in [-0.4, -0.2) is 23.4 Å². The number of ether oxygens (including phenoxy) is 2. The molecular formula is C23H27Cl3O3. The van der Waals surface area contributed by atoms with E-state index in [1.54, 1.807) is 25.1 Å². The lowest BCUT2D eigenvalue weighted by Gasteiger charge is -2.32. The highest BCUT2D eigenvalue weighted by Crippen LogP contribution is 2.30. The number of halogens is 3. The minimum Gasteiger partial charge on any atom is -0.387 e. The maximum Gasteiger partial charge on any atom is 0.0914 e. The summed E-state index contributed by atoms with van der Waals surface area (Å²) in [5.41, 5.74) is 0.780. The first kappa shape index (κ1) is 24.2. The Morgan fingerprint density at radius 3 is 2.38 bits per heavy atom. The van der Waals surface area contributed by atoms with Gasteiger partial charge in [0.1, 0.15) is 0 Å². The third-order valence-electron chi connectivity index (χ3n) is 4.65. The van der Waals surface area contributed by atoms with Crippen LogP contribution >= 0.6 is 34.8 Å². The van der Waals surface area contributed by atoms with Crippen molar-refractivity contribution in [2.45, 2.75) is 51.1 Å². The van der Waals surface area contributed by atoms with Crippen LogP contribution < -0.4 is 0 Å². The van der Waals surface area contributed by atoms with Gasteiger partial charge in [-0.3, -0.25) is 0 Å². The van der Waals surface area contributed by atoms with E-state index in [0.717, 1.165) is 12.0 Å². The Labute approximate surface area is 188 Å². The highest BCUT2D eigenvalue weighted by atomic mass is 35.5. The van der Waals surface area contributed by atoms with Gasteiger partial charge in [0.15, 0.2) is 0 Å². The Morgan fingerprint density at radius 1 is 1.10 bits per heavy atom. The predicted molar refractivity (Wildman–Crippen MR) is 121 cm³/mol. The van der Waals surface area contributed by atoms with Crippen LogP contribution in [0.2, 0.25) is 15.1 Å². The van der Waals surface area contributed by atoms with Crippen LogP contribution in [0.1, 0.15) is 37.3 Å². The summed E-state index contributed by atoms with van der Waals surface area (Å²) < 4.78 is 11.8. The Balaban J connectivity index is 1.86. The fourth-order valence-electron chi connectivity index (χ4n) is 3.02. The molecule has 1 N–H and O–H groups in total. The predicted octanol–water partition coefficient (Wildman–Crippen LogP) is 6.86. The average Bonchev–Trinajstić information content (AvgIpc) is 2.66. The molecule has 3 nitrogen and oxygen atoms in total. The van der Waals surface area contributed by atoms with E-state index in [9.17, 15) is 5.11 Å². The molecule has 0 bridgehead atoms. The lowest BCUT2D eigenvalue weighted by Crippen LogP contribution is -2.41. The molecule has 0 saturated heterocycles. The van der Waals surface area contributed by atoms with E-state index < -0.39 is 5.60 Å². The molecule has 0 heterocycles. The quantitative estimate of drug-likeness (QED) is 0.279. The summed E-state index contributed by atoms with van der Waals surface area (Å²) in [7, 11) is 0. The van der Waals surface area contributed by atoms with Gasteiger partial charge >= 0.3 is 0 Å². The molecule has 2 atom stereocenters. The van der Waals surface area contributed by atoms with E-state index in [1.807, 2.05) is 30.3 Å². The van der Waals surface area contributed by atoms with Gasteiger partial charge in [-0.15, -0.1) is 6.58 Å². The summed E-state index contributed by atoms with van der Waals surface area (Å²) in [6, 6.07) is 13.2. The Morgan fingerprint density at radius 2 is 1.76 bits per heavy atom. The molecule has 2 aromatic rings. The minimum absolute atomic E-state index is 0.299. The van der Waals surface area contributed by atoms with Crippen molar-refractivity contribution < 1.29 is 14.6 Å². The molecule has 0 spiro atoms. The minimum atomic E-state index is -1.00. The molecule has 158 valence electrons. The van der Waals surface area contributed by atoms with Gasteiger partial charge in [-0.2, -0.15) is 0 Å². The summed E-state index contributed by atoms with van der Waals surface area (Å²) in [4.78, 5) is 0. The normalized spacial score (nSPS) is 14.4. The maximum absolute atomic E-state index is 10.8. The molecule has 29 heavy (non-hydrogen) atoms. The summed E-state index contributed by atoms with van der Waals surface area (Å²) in [6.07, 6.45) is 3.18. The van der Waals surface area contributed by atoms with E-state index in [2.05, 4.69) is 6.58 Å². The van der Waals surface area contributed by atoms with Gasteiger partial charge in [0, 0.05) is 27.2 Å². The van der Waals surface area contributed by atoms with Gasteiger partial charge in [-0.1, -0.05) is 71.2 Å². The molecule has 2 aromatic carbocycles. The van der Waals surface area contributed by atoms with E-state index in [-0.39, 0.29) is 6.10 Å². The van der Waals surface area contributed by atoms with Crippen LogP contribution in [0.5, 0.6) is 0 Å². The monoisotopic (exact) mass is 456 g/mol. The van der Waals surface area contributed by atoms with Crippen LogP contribution in [0.15, 0.2) is 55.1 Å². The molecule has 2 rings (SSSR count). The van der Waals surface area contributed by atoms with Crippen molar-refractivity contribution in [3.05, 3.63) is 81.3 Å². The average molecular weight is 458 g/mol. The lowest BCUT2D eigenvalue weighted by atomic mass is 9.91. The Bertz CT molecular complexity index is 755. The molecule has 0 unspecified atom stereocenters. The lowest BCUT2D eigenvalue weighted by molar-refractivity contribution is -0.109. The van der Waals surface area contributed by atoms with E-state index >= 15 is 0 Å². The molecule has 0 aliphatic carbocycles. The van der Waals surface area contributed by atoms with Gasteiger partial charge < -0.3 is 14.6 Å². The summed E-state index contributed by atoms with van der Waals surface area (Å²) in [6.45, 7) is 6.74. The smallest absolute Gasteiger partial charge is 0.0914 e. The second kappa shape index (κ2) is 11.9. The number of hydrogen-bond acceptors (Lipinski definition) is 3.